The number of aromatic nitrogens is 6. The molecule has 0 unspecified atom stereocenters. The lowest BCUT2D eigenvalue weighted by Crippen LogP contribution is -2.42. The molecule has 0 atom stereocenters. The van der Waals surface area contributed by atoms with Gasteiger partial charge in [-0.3, -0.25) is 0 Å². The fraction of sp³-hybridized carbons (Fsp3) is 0.789. The van der Waals surface area contributed by atoms with Gasteiger partial charge in [-0.25, -0.2) is 9.67 Å². The summed E-state index contributed by atoms with van der Waals surface area (Å²) >= 11 is 0. The van der Waals surface area contributed by atoms with Gasteiger partial charge < -0.3 is 9.47 Å². The number of piperidine rings is 1. The molecule has 26 heavy (non-hydrogen) atoms. The van der Waals surface area contributed by atoms with Gasteiger partial charge in [0.15, 0.2) is 5.82 Å². The molecular weight excluding hydrogens is 326 g/mol. The quantitative estimate of drug-likeness (QED) is 0.825. The Morgan fingerprint density at radius 3 is 2.38 bits per heavy atom. The molecule has 0 bridgehead atoms. The summed E-state index contributed by atoms with van der Waals surface area (Å²) in [7, 11) is 0. The summed E-state index contributed by atoms with van der Waals surface area (Å²) in [5.74, 6) is 2.83. The van der Waals surface area contributed by atoms with Crippen molar-refractivity contribution in [2.75, 3.05) is 13.1 Å². The van der Waals surface area contributed by atoms with Crippen LogP contribution in [-0.4, -0.2) is 53.6 Å². The minimum Gasteiger partial charge on any atom is -0.310 e. The highest BCUT2D eigenvalue weighted by atomic mass is 15.4. The second kappa shape index (κ2) is 7.10. The Morgan fingerprint density at radius 1 is 0.885 bits per heavy atom. The largest absolute Gasteiger partial charge is 0.310 e. The lowest BCUT2D eigenvalue weighted by molar-refractivity contribution is 0.120. The van der Waals surface area contributed by atoms with E-state index in [1.807, 2.05) is 4.68 Å². The number of nitrogens with zero attached hydrogens (tertiary/aromatic N) is 7. The van der Waals surface area contributed by atoms with Crippen LogP contribution in [-0.2, 0) is 6.54 Å². The molecule has 0 spiro atoms. The van der Waals surface area contributed by atoms with Crippen molar-refractivity contribution in [3.8, 4) is 0 Å². The molecule has 3 fully saturated rings. The van der Waals surface area contributed by atoms with Gasteiger partial charge in [0.2, 0.25) is 0 Å². The van der Waals surface area contributed by atoms with Crippen LogP contribution in [0.1, 0.15) is 81.4 Å². The van der Waals surface area contributed by atoms with E-state index in [1.54, 1.807) is 12.7 Å². The van der Waals surface area contributed by atoms with Crippen molar-refractivity contribution in [3.05, 3.63) is 24.3 Å². The van der Waals surface area contributed by atoms with Crippen molar-refractivity contribution < 1.29 is 0 Å². The number of hydrogen-bond donors (Lipinski definition) is 0. The monoisotopic (exact) mass is 355 g/mol. The standard InChI is InChI=1S/C19H29N7/c1-2-4-16(5-3-1)24-10-8-15(9-11-24)19-23-22-18(26(19)17-6-7-17)12-25-14-20-13-21-25/h13-17H,1-12H2. The maximum atomic E-state index is 4.65. The molecule has 1 aliphatic heterocycles. The van der Waals surface area contributed by atoms with Gasteiger partial charge in [0, 0.05) is 18.0 Å². The van der Waals surface area contributed by atoms with Crippen molar-refractivity contribution >= 4 is 0 Å². The van der Waals surface area contributed by atoms with Gasteiger partial charge in [0.25, 0.3) is 0 Å². The third-order valence-corrected chi connectivity index (χ3v) is 6.46. The molecule has 0 radical (unpaired) electrons. The van der Waals surface area contributed by atoms with Crippen LogP contribution in [0, 0.1) is 0 Å². The first-order chi connectivity index (χ1) is 12.9. The van der Waals surface area contributed by atoms with Crippen LogP contribution in [0.4, 0.5) is 0 Å². The molecule has 140 valence electrons. The predicted molar refractivity (Wildman–Crippen MR) is 97.8 cm³/mol. The first kappa shape index (κ1) is 16.4. The Labute approximate surface area is 154 Å². The zero-order valence-corrected chi connectivity index (χ0v) is 15.5. The maximum absolute atomic E-state index is 4.65. The molecule has 5 rings (SSSR count). The van der Waals surface area contributed by atoms with E-state index < -0.39 is 0 Å². The topological polar surface area (TPSA) is 64.7 Å². The van der Waals surface area contributed by atoms with Gasteiger partial charge in [-0.05, 0) is 51.6 Å². The maximum Gasteiger partial charge on any atom is 0.155 e. The van der Waals surface area contributed by atoms with Crippen LogP contribution in [0.15, 0.2) is 12.7 Å². The molecule has 2 aliphatic carbocycles. The molecular formula is C19H29N7. The van der Waals surface area contributed by atoms with Crippen LogP contribution in [0.5, 0.6) is 0 Å². The van der Waals surface area contributed by atoms with Gasteiger partial charge in [-0.15, -0.1) is 10.2 Å². The molecule has 7 nitrogen and oxygen atoms in total. The van der Waals surface area contributed by atoms with E-state index in [0.717, 1.165) is 11.9 Å². The first-order valence-corrected chi connectivity index (χ1v) is 10.4. The summed E-state index contributed by atoms with van der Waals surface area (Å²) in [6.45, 7) is 3.13. The summed E-state index contributed by atoms with van der Waals surface area (Å²) < 4.78 is 4.28. The fourth-order valence-electron chi connectivity index (χ4n) is 4.88. The molecule has 2 saturated carbocycles. The Kier molecular flexibility index (Phi) is 4.48. The molecule has 7 heteroatoms. The average molecular weight is 355 g/mol. The highest BCUT2D eigenvalue weighted by molar-refractivity contribution is 5.09. The van der Waals surface area contributed by atoms with E-state index in [9.17, 15) is 0 Å². The predicted octanol–water partition coefficient (Wildman–Crippen LogP) is 2.76. The highest BCUT2D eigenvalue weighted by Gasteiger charge is 2.34. The van der Waals surface area contributed by atoms with Crippen LogP contribution in [0.3, 0.4) is 0 Å². The second-order valence-corrected chi connectivity index (χ2v) is 8.27. The number of rotatable bonds is 5. The molecule has 2 aromatic rings. The summed E-state index contributed by atoms with van der Waals surface area (Å²) in [4.78, 5) is 6.80. The smallest absolute Gasteiger partial charge is 0.155 e. The summed E-state index contributed by atoms with van der Waals surface area (Å²) in [5.41, 5.74) is 0. The Hall–Kier alpha value is -1.76. The minimum absolute atomic E-state index is 0.562. The van der Waals surface area contributed by atoms with E-state index in [1.165, 1.54) is 76.7 Å². The molecule has 0 amide bonds. The molecule has 0 aromatic carbocycles. The third-order valence-electron chi connectivity index (χ3n) is 6.46. The minimum atomic E-state index is 0.562. The fourth-order valence-corrected chi connectivity index (χ4v) is 4.88. The molecule has 3 aliphatic rings. The SMILES string of the molecule is c1ncn(Cc2nnc(C3CCN(C4CCCCC4)CC3)n2C2CC2)n1. The van der Waals surface area contributed by atoms with Gasteiger partial charge in [-0.2, -0.15) is 5.10 Å². The zero-order chi connectivity index (χ0) is 17.3. The lowest BCUT2D eigenvalue weighted by atomic mass is 9.90. The Morgan fingerprint density at radius 2 is 1.69 bits per heavy atom. The lowest BCUT2D eigenvalue weighted by Gasteiger charge is -2.39. The molecule has 3 heterocycles. The summed E-state index contributed by atoms with van der Waals surface area (Å²) in [6, 6.07) is 1.45. The van der Waals surface area contributed by atoms with Crippen molar-refractivity contribution in [1.82, 2.24) is 34.4 Å². The Bertz CT molecular complexity index is 704. The first-order valence-electron chi connectivity index (χ1n) is 10.4. The van der Waals surface area contributed by atoms with Crippen LogP contribution < -0.4 is 0 Å². The average Bonchev–Trinajstić information content (AvgIpc) is 3.24. The van der Waals surface area contributed by atoms with Crippen molar-refractivity contribution in [1.29, 1.82) is 0 Å². The van der Waals surface area contributed by atoms with Gasteiger partial charge in [0.05, 0.1) is 0 Å². The van der Waals surface area contributed by atoms with Gasteiger partial charge >= 0.3 is 0 Å². The van der Waals surface area contributed by atoms with E-state index in [-0.39, 0.29) is 0 Å². The van der Waals surface area contributed by atoms with Crippen LogP contribution in [0.2, 0.25) is 0 Å². The van der Waals surface area contributed by atoms with E-state index >= 15 is 0 Å². The van der Waals surface area contributed by atoms with E-state index in [4.69, 9.17) is 0 Å². The van der Waals surface area contributed by atoms with Gasteiger partial charge in [-0.1, -0.05) is 19.3 Å². The number of hydrogen-bond acceptors (Lipinski definition) is 5. The molecule has 2 aromatic heterocycles. The van der Waals surface area contributed by atoms with Gasteiger partial charge in [0.1, 0.15) is 25.0 Å². The summed E-state index contributed by atoms with van der Waals surface area (Å²) in [5, 5.41) is 13.4. The van der Waals surface area contributed by atoms with E-state index in [2.05, 4.69) is 29.7 Å². The van der Waals surface area contributed by atoms with Crippen molar-refractivity contribution in [3.63, 3.8) is 0 Å². The zero-order valence-electron chi connectivity index (χ0n) is 15.5. The Balaban J connectivity index is 1.29. The number of likely N-dealkylation sites (tertiary alicyclic amines) is 1. The molecule has 0 N–H and O–H groups in total. The molecule has 1 saturated heterocycles. The van der Waals surface area contributed by atoms with E-state index in [0.29, 0.717) is 18.5 Å². The normalized spacial score (nSPS) is 23.5. The van der Waals surface area contributed by atoms with Crippen molar-refractivity contribution in [2.45, 2.75) is 82.3 Å². The second-order valence-electron chi connectivity index (χ2n) is 8.27. The van der Waals surface area contributed by atoms with Crippen LogP contribution >= 0.6 is 0 Å². The third kappa shape index (κ3) is 3.29. The van der Waals surface area contributed by atoms with Crippen LogP contribution in [0.25, 0.3) is 0 Å². The highest BCUT2D eigenvalue weighted by Crippen LogP contribution is 2.40. The summed E-state index contributed by atoms with van der Waals surface area (Å²) in [6.07, 6.45) is 15.4. The van der Waals surface area contributed by atoms with Crippen molar-refractivity contribution in [2.24, 2.45) is 0 Å².